The summed E-state index contributed by atoms with van der Waals surface area (Å²) >= 11 is 5.21. The second-order valence-corrected chi connectivity index (χ2v) is 6.69. The SMILES string of the molecule is CC1(C)Oc2ccc([N+](=O)[O-])cc2C(N2CC=CC(=O)C2=S)C1O. The number of nitrogens with zero attached hydrogens (tertiary/aromatic N) is 2. The van der Waals surface area contributed by atoms with Crippen molar-refractivity contribution in [1.29, 1.82) is 0 Å². The fraction of sp³-hybridized carbons (Fsp3) is 0.375. The van der Waals surface area contributed by atoms with E-state index in [0.717, 1.165) is 0 Å². The fourth-order valence-corrected chi connectivity index (χ4v) is 3.27. The van der Waals surface area contributed by atoms with Crippen molar-refractivity contribution in [3.63, 3.8) is 0 Å². The van der Waals surface area contributed by atoms with Gasteiger partial charge in [-0.1, -0.05) is 18.3 Å². The van der Waals surface area contributed by atoms with Crippen molar-refractivity contribution in [2.24, 2.45) is 0 Å². The van der Waals surface area contributed by atoms with Crippen LogP contribution < -0.4 is 4.74 Å². The largest absolute Gasteiger partial charge is 0.485 e. The average Bonchev–Trinajstić information content (AvgIpc) is 2.51. The van der Waals surface area contributed by atoms with Crippen LogP contribution in [0, 0.1) is 10.1 Å². The summed E-state index contributed by atoms with van der Waals surface area (Å²) in [7, 11) is 0. The third-order valence-electron chi connectivity index (χ3n) is 4.29. The molecule has 8 heteroatoms. The first-order chi connectivity index (χ1) is 11.2. The lowest BCUT2D eigenvalue weighted by Crippen LogP contribution is -2.55. The van der Waals surface area contributed by atoms with E-state index in [-0.39, 0.29) is 16.5 Å². The summed E-state index contributed by atoms with van der Waals surface area (Å²) in [5.74, 6) is 0.116. The Bertz CT molecular complexity index is 774. The first-order valence-corrected chi connectivity index (χ1v) is 7.80. The van der Waals surface area contributed by atoms with Crippen LogP contribution in [0.1, 0.15) is 25.5 Å². The van der Waals surface area contributed by atoms with Gasteiger partial charge in [0.15, 0.2) is 4.99 Å². The van der Waals surface area contributed by atoms with Gasteiger partial charge in [-0.3, -0.25) is 14.9 Å². The lowest BCUT2D eigenvalue weighted by Gasteiger charge is -2.47. The maximum atomic E-state index is 11.9. The number of carbonyl (C=O) groups is 1. The molecule has 2 aliphatic rings. The average molecular weight is 348 g/mol. The summed E-state index contributed by atoms with van der Waals surface area (Å²) in [6.07, 6.45) is 2.03. The van der Waals surface area contributed by atoms with Crippen molar-refractivity contribution in [3.05, 3.63) is 46.0 Å². The zero-order valence-electron chi connectivity index (χ0n) is 13.1. The van der Waals surface area contributed by atoms with Crippen molar-refractivity contribution < 1.29 is 19.6 Å². The molecule has 0 radical (unpaired) electrons. The quantitative estimate of drug-likeness (QED) is 0.496. The van der Waals surface area contributed by atoms with Crippen LogP contribution in [0.15, 0.2) is 30.4 Å². The van der Waals surface area contributed by atoms with Crippen LogP contribution in [-0.4, -0.2) is 44.0 Å². The Morgan fingerprint density at radius 1 is 1.46 bits per heavy atom. The van der Waals surface area contributed by atoms with Crippen LogP contribution in [0.2, 0.25) is 0 Å². The third kappa shape index (κ3) is 2.57. The molecule has 1 aromatic carbocycles. The van der Waals surface area contributed by atoms with Gasteiger partial charge in [-0.2, -0.15) is 0 Å². The number of nitro groups is 1. The second-order valence-electron chi connectivity index (χ2n) is 6.30. The Morgan fingerprint density at radius 3 is 2.83 bits per heavy atom. The predicted molar refractivity (Wildman–Crippen MR) is 90.0 cm³/mol. The maximum Gasteiger partial charge on any atom is 0.270 e. The van der Waals surface area contributed by atoms with Gasteiger partial charge >= 0.3 is 0 Å². The van der Waals surface area contributed by atoms with Crippen LogP contribution in [0.4, 0.5) is 5.69 Å². The summed E-state index contributed by atoms with van der Waals surface area (Å²) in [4.78, 5) is 24.2. The molecule has 126 valence electrons. The molecule has 0 saturated carbocycles. The predicted octanol–water partition coefficient (Wildman–Crippen LogP) is 1.94. The van der Waals surface area contributed by atoms with Crippen molar-refractivity contribution in [2.45, 2.75) is 31.6 Å². The number of fused-ring (bicyclic) bond motifs is 1. The van der Waals surface area contributed by atoms with Crippen LogP contribution in [-0.2, 0) is 4.79 Å². The van der Waals surface area contributed by atoms with Gasteiger partial charge in [0.1, 0.15) is 17.5 Å². The molecule has 0 aliphatic carbocycles. The molecule has 24 heavy (non-hydrogen) atoms. The molecule has 2 unspecified atom stereocenters. The number of ketones is 1. The number of aliphatic hydroxyl groups excluding tert-OH is 1. The molecular weight excluding hydrogens is 332 g/mol. The van der Waals surface area contributed by atoms with Crippen LogP contribution >= 0.6 is 12.2 Å². The fourth-order valence-electron chi connectivity index (χ4n) is 3.01. The maximum absolute atomic E-state index is 11.9. The van der Waals surface area contributed by atoms with E-state index in [4.69, 9.17) is 17.0 Å². The second kappa shape index (κ2) is 5.64. The van der Waals surface area contributed by atoms with Gasteiger partial charge in [0.2, 0.25) is 5.78 Å². The number of rotatable bonds is 2. The van der Waals surface area contributed by atoms with E-state index >= 15 is 0 Å². The highest BCUT2D eigenvalue weighted by atomic mass is 32.1. The van der Waals surface area contributed by atoms with Crippen LogP contribution in [0.5, 0.6) is 5.75 Å². The summed E-state index contributed by atoms with van der Waals surface area (Å²) < 4.78 is 5.80. The number of carbonyl (C=O) groups excluding carboxylic acids is 1. The van der Waals surface area contributed by atoms with Gasteiger partial charge < -0.3 is 14.7 Å². The minimum atomic E-state index is -1.02. The van der Waals surface area contributed by atoms with Gasteiger partial charge in [-0.05, 0) is 26.0 Å². The van der Waals surface area contributed by atoms with Crippen LogP contribution in [0.3, 0.4) is 0 Å². The first-order valence-electron chi connectivity index (χ1n) is 7.39. The normalized spacial score (nSPS) is 25.2. The molecule has 2 atom stereocenters. The molecule has 0 amide bonds. The van der Waals surface area contributed by atoms with E-state index in [0.29, 0.717) is 17.9 Å². The lowest BCUT2D eigenvalue weighted by molar-refractivity contribution is -0.385. The highest BCUT2D eigenvalue weighted by Crippen LogP contribution is 2.44. The third-order valence-corrected chi connectivity index (χ3v) is 4.72. The standard InChI is InChI=1S/C16H16N2O5S/c1-16(2)14(20)13(17-7-3-4-11(19)15(17)24)10-8-9(18(21)22)5-6-12(10)23-16/h3-6,8,13-14,20H,7H2,1-2H3. The molecule has 1 aromatic rings. The van der Waals surface area contributed by atoms with E-state index in [2.05, 4.69) is 0 Å². The molecule has 0 spiro atoms. The summed E-state index contributed by atoms with van der Waals surface area (Å²) in [5.41, 5.74) is -0.603. The molecule has 3 rings (SSSR count). The molecule has 1 N–H and O–H groups in total. The lowest BCUT2D eigenvalue weighted by atomic mass is 9.85. The molecule has 0 fully saturated rings. The van der Waals surface area contributed by atoms with Gasteiger partial charge in [0, 0.05) is 24.2 Å². The minimum absolute atomic E-state index is 0.0803. The Hall–Kier alpha value is -2.32. The highest BCUT2D eigenvalue weighted by Gasteiger charge is 2.47. The van der Waals surface area contributed by atoms with Crippen molar-refractivity contribution >= 4 is 28.7 Å². The molecule has 0 aromatic heterocycles. The zero-order chi connectivity index (χ0) is 17.6. The smallest absolute Gasteiger partial charge is 0.270 e. The number of hydrogen-bond acceptors (Lipinski definition) is 6. The van der Waals surface area contributed by atoms with Gasteiger partial charge in [-0.15, -0.1) is 0 Å². The Labute approximate surface area is 143 Å². The Balaban J connectivity index is 2.15. The number of non-ortho nitro benzene ring substituents is 1. The van der Waals surface area contributed by atoms with Gasteiger partial charge in [0.05, 0.1) is 11.0 Å². The highest BCUT2D eigenvalue weighted by molar-refractivity contribution is 7.82. The molecule has 0 bridgehead atoms. The molecule has 2 aliphatic heterocycles. The molecular formula is C16H16N2O5S. The Kier molecular flexibility index (Phi) is 3.89. The Morgan fingerprint density at radius 2 is 2.17 bits per heavy atom. The zero-order valence-corrected chi connectivity index (χ0v) is 13.9. The summed E-state index contributed by atoms with van der Waals surface area (Å²) in [5, 5.41) is 21.9. The monoisotopic (exact) mass is 348 g/mol. The van der Waals surface area contributed by atoms with E-state index in [9.17, 15) is 20.0 Å². The van der Waals surface area contributed by atoms with Gasteiger partial charge in [0.25, 0.3) is 5.69 Å². The number of aliphatic hydroxyl groups is 1. The van der Waals surface area contributed by atoms with E-state index < -0.39 is 22.7 Å². The van der Waals surface area contributed by atoms with E-state index in [1.807, 2.05) is 0 Å². The summed E-state index contributed by atoms with van der Waals surface area (Å²) in [6, 6.07) is 3.52. The summed E-state index contributed by atoms with van der Waals surface area (Å²) in [6.45, 7) is 3.78. The number of benzene rings is 1. The number of ether oxygens (including phenoxy) is 1. The van der Waals surface area contributed by atoms with Gasteiger partial charge in [-0.25, -0.2) is 0 Å². The van der Waals surface area contributed by atoms with Crippen molar-refractivity contribution in [3.8, 4) is 5.75 Å². The van der Waals surface area contributed by atoms with E-state index in [1.54, 1.807) is 24.8 Å². The minimum Gasteiger partial charge on any atom is -0.485 e. The van der Waals surface area contributed by atoms with E-state index in [1.165, 1.54) is 24.3 Å². The van der Waals surface area contributed by atoms with Crippen molar-refractivity contribution in [2.75, 3.05) is 6.54 Å². The number of thiocarbonyl (C=S) groups is 1. The van der Waals surface area contributed by atoms with Crippen molar-refractivity contribution in [1.82, 2.24) is 4.90 Å². The molecule has 7 nitrogen and oxygen atoms in total. The first kappa shape index (κ1) is 16.5. The molecule has 0 saturated heterocycles. The number of nitro benzene ring substituents is 1. The number of hydrogen-bond donors (Lipinski definition) is 1. The van der Waals surface area contributed by atoms with Crippen LogP contribution in [0.25, 0.3) is 0 Å². The molecule has 2 heterocycles. The topological polar surface area (TPSA) is 92.9 Å².